The van der Waals surface area contributed by atoms with E-state index in [9.17, 15) is 4.39 Å². The second-order valence-corrected chi connectivity index (χ2v) is 4.82. The third-order valence-corrected chi connectivity index (χ3v) is 3.69. The average molecular weight is 300 g/mol. The van der Waals surface area contributed by atoms with Crippen LogP contribution in [0.1, 0.15) is 17.2 Å². The van der Waals surface area contributed by atoms with Crippen LogP contribution in [0.2, 0.25) is 10.0 Å². The number of aromatic nitrogens is 1. The highest BCUT2D eigenvalue weighted by Gasteiger charge is 2.17. The van der Waals surface area contributed by atoms with Crippen molar-refractivity contribution in [2.75, 3.05) is 0 Å². The number of halogens is 3. The van der Waals surface area contributed by atoms with Crippen molar-refractivity contribution in [3.63, 3.8) is 0 Å². The maximum atomic E-state index is 13.7. The summed E-state index contributed by atoms with van der Waals surface area (Å²) in [6.07, 6.45) is 3.10. The van der Waals surface area contributed by atoms with Crippen LogP contribution < -0.4 is 11.3 Å². The molecule has 0 radical (unpaired) electrons. The molecule has 6 heteroatoms. The molecule has 1 aromatic heterocycles. The van der Waals surface area contributed by atoms with Gasteiger partial charge < -0.3 is 0 Å². The SMILES string of the molecule is NNC(Cc1cccc(Cl)c1Cl)c1ccncc1F. The lowest BCUT2D eigenvalue weighted by Crippen LogP contribution is -2.30. The van der Waals surface area contributed by atoms with Gasteiger partial charge in [-0.25, -0.2) is 4.39 Å². The summed E-state index contributed by atoms with van der Waals surface area (Å²) in [6, 6.07) is 6.50. The monoisotopic (exact) mass is 299 g/mol. The molecule has 0 bridgehead atoms. The van der Waals surface area contributed by atoms with E-state index in [1.807, 2.05) is 6.07 Å². The quantitative estimate of drug-likeness (QED) is 0.673. The van der Waals surface area contributed by atoms with E-state index in [-0.39, 0.29) is 0 Å². The Kier molecular flexibility index (Phi) is 4.71. The number of nitrogens with two attached hydrogens (primary N) is 1. The Morgan fingerprint density at radius 2 is 2.11 bits per heavy atom. The molecule has 2 rings (SSSR count). The molecule has 1 unspecified atom stereocenters. The van der Waals surface area contributed by atoms with Crippen molar-refractivity contribution in [3.05, 3.63) is 63.6 Å². The van der Waals surface area contributed by atoms with Gasteiger partial charge in [0.05, 0.1) is 22.3 Å². The molecular formula is C13H12Cl2FN3. The Hall–Kier alpha value is -1.20. The summed E-state index contributed by atoms with van der Waals surface area (Å²) in [4.78, 5) is 3.71. The lowest BCUT2D eigenvalue weighted by molar-refractivity contribution is 0.508. The van der Waals surface area contributed by atoms with Crippen LogP contribution in [0.5, 0.6) is 0 Å². The molecule has 1 heterocycles. The Labute approximate surface area is 120 Å². The lowest BCUT2D eigenvalue weighted by atomic mass is 10.00. The van der Waals surface area contributed by atoms with Crippen LogP contribution in [0, 0.1) is 5.82 Å². The minimum atomic E-state index is -0.413. The first kappa shape index (κ1) is 14.2. The number of pyridine rings is 1. The van der Waals surface area contributed by atoms with Crippen LogP contribution in [0.15, 0.2) is 36.7 Å². The molecule has 1 aromatic carbocycles. The van der Waals surface area contributed by atoms with Gasteiger partial charge in [0, 0.05) is 11.8 Å². The van der Waals surface area contributed by atoms with E-state index in [1.54, 1.807) is 18.2 Å². The molecule has 0 fully saturated rings. The van der Waals surface area contributed by atoms with Gasteiger partial charge in [-0.15, -0.1) is 0 Å². The van der Waals surface area contributed by atoms with E-state index in [1.165, 1.54) is 6.20 Å². The number of rotatable bonds is 4. The molecule has 0 saturated carbocycles. The molecule has 100 valence electrons. The van der Waals surface area contributed by atoms with Crippen molar-refractivity contribution in [2.24, 2.45) is 5.84 Å². The standard InChI is InChI=1S/C13H12Cl2FN3/c14-10-3-1-2-8(13(10)15)6-12(19-17)9-4-5-18-7-11(9)16/h1-5,7,12,19H,6,17H2. The minimum absolute atomic E-state index is 0.404. The largest absolute Gasteiger partial charge is 0.271 e. The van der Waals surface area contributed by atoms with E-state index in [0.29, 0.717) is 22.0 Å². The summed E-state index contributed by atoms with van der Waals surface area (Å²) in [7, 11) is 0. The molecule has 0 saturated heterocycles. The first-order chi connectivity index (χ1) is 9.13. The lowest BCUT2D eigenvalue weighted by Gasteiger charge is -2.17. The predicted molar refractivity (Wildman–Crippen MR) is 74.4 cm³/mol. The molecule has 0 aliphatic heterocycles. The fourth-order valence-electron chi connectivity index (χ4n) is 1.85. The number of nitrogens with zero attached hydrogens (tertiary/aromatic N) is 1. The predicted octanol–water partition coefficient (Wildman–Crippen LogP) is 3.27. The molecular weight excluding hydrogens is 288 g/mol. The maximum absolute atomic E-state index is 13.7. The third kappa shape index (κ3) is 3.22. The maximum Gasteiger partial charge on any atom is 0.146 e. The van der Waals surface area contributed by atoms with Gasteiger partial charge in [0.2, 0.25) is 0 Å². The zero-order valence-corrected chi connectivity index (χ0v) is 11.4. The highest BCUT2D eigenvalue weighted by Crippen LogP contribution is 2.29. The van der Waals surface area contributed by atoms with Crippen molar-refractivity contribution < 1.29 is 4.39 Å². The molecule has 3 nitrogen and oxygen atoms in total. The molecule has 3 N–H and O–H groups in total. The Morgan fingerprint density at radius 3 is 2.79 bits per heavy atom. The van der Waals surface area contributed by atoms with E-state index in [0.717, 1.165) is 11.8 Å². The Morgan fingerprint density at radius 1 is 1.32 bits per heavy atom. The topological polar surface area (TPSA) is 50.9 Å². The van der Waals surface area contributed by atoms with Crippen LogP contribution in [0.4, 0.5) is 4.39 Å². The van der Waals surface area contributed by atoms with Gasteiger partial charge >= 0.3 is 0 Å². The van der Waals surface area contributed by atoms with Gasteiger partial charge in [-0.05, 0) is 24.1 Å². The van der Waals surface area contributed by atoms with Crippen molar-refractivity contribution >= 4 is 23.2 Å². The number of nitrogens with one attached hydrogen (secondary N) is 1. The molecule has 0 amide bonds. The molecule has 1 atom stereocenters. The van der Waals surface area contributed by atoms with Crippen molar-refractivity contribution in [2.45, 2.75) is 12.5 Å². The first-order valence-corrected chi connectivity index (χ1v) is 6.37. The number of hydrazine groups is 1. The van der Waals surface area contributed by atoms with Gasteiger partial charge in [-0.1, -0.05) is 35.3 Å². The summed E-state index contributed by atoms with van der Waals surface area (Å²) < 4.78 is 13.7. The second kappa shape index (κ2) is 6.30. The van der Waals surface area contributed by atoms with Gasteiger partial charge in [0.15, 0.2) is 0 Å². The smallest absolute Gasteiger partial charge is 0.146 e. The number of hydrogen-bond donors (Lipinski definition) is 2. The Bertz CT molecular complexity index is 578. The second-order valence-electron chi connectivity index (χ2n) is 4.03. The summed E-state index contributed by atoms with van der Waals surface area (Å²) in [5, 5.41) is 0.920. The van der Waals surface area contributed by atoms with Crippen molar-refractivity contribution in [1.82, 2.24) is 10.4 Å². The van der Waals surface area contributed by atoms with Gasteiger partial charge in [0.1, 0.15) is 5.82 Å². The summed E-state index contributed by atoms with van der Waals surface area (Å²) in [6.45, 7) is 0. The Balaban J connectivity index is 2.30. The zero-order valence-electron chi connectivity index (χ0n) is 9.91. The van der Waals surface area contributed by atoms with Crippen LogP contribution in [-0.4, -0.2) is 4.98 Å². The minimum Gasteiger partial charge on any atom is -0.271 e. The normalized spacial score (nSPS) is 12.4. The number of hydrogen-bond acceptors (Lipinski definition) is 3. The van der Waals surface area contributed by atoms with Crippen LogP contribution in [-0.2, 0) is 6.42 Å². The van der Waals surface area contributed by atoms with Crippen molar-refractivity contribution in [3.8, 4) is 0 Å². The van der Waals surface area contributed by atoms with Crippen LogP contribution in [0.3, 0.4) is 0 Å². The van der Waals surface area contributed by atoms with E-state index < -0.39 is 11.9 Å². The van der Waals surface area contributed by atoms with E-state index >= 15 is 0 Å². The zero-order chi connectivity index (χ0) is 13.8. The highest BCUT2D eigenvalue weighted by molar-refractivity contribution is 6.42. The van der Waals surface area contributed by atoms with Gasteiger partial charge in [-0.3, -0.25) is 16.3 Å². The van der Waals surface area contributed by atoms with Gasteiger partial charge in [-0.2, -0.15) is 0 Å². The first-order valence-electron chi connectivity index (χ1n) is 5.62. The fourth-order valence-corrected chi connectivity index (χ4v) is 2.25. The van der Waals surface area contributed by atoms with Gasteiger partial charge in [0.25, 0.3) is 0 Å². The van der Waals surface area contributed by atoms with Crippen LogP contribution >= 0.6 is 23.2 Å². The molecule has 0 spiro atoms. The number of benzene rings is 1. The molecule has 0 aliphatic carbocycles. The van der Waals surface area contributed by atoms with Crippen molar-refractivity contribution in [1.29, 1.82) is 0 Å². The fraction of sp³-hybridized carbons (Fsp3) is 0.154. The summed E-state index contributed by atoms with van der Waals surface area (Å²) in [5.41, 5.74) is 3.82. The molecule has 0 aliphatic rings. The van der Waals surface area contributed by atoms with Crippen LogP contribution in [0.25, 0.3) is 0 Å². The van der Waals surface area contributed by atoms with E-state index in [4.69, 9.17) is 29.0 Å². The van der Waals surface area contributed by atoms with E-state index in [2.05, 4.69) is 10.4 Å². The summed E-state index contributed by atoms with van der Waals surface area (Å²) in [5.74, 6) is 5.08. The highest BCUT2D eigenvalue weighted by atomic mass is 35.5. The third-order valence-electron chi connectivity index (χ3n) is 2.84. The average Bonchev–Trinajstić information content (AvgIpc) is 2.41. The summed E-state index contributed by atoms with van der Waals surface area (Å²) >= 11 is 12.1. The molecule has 2 aromatic rings. The molecule has 19 heavy (non-hydrogen) atoms.